The molecule has 1 aliphatic carbocycles. The minimum absolute atomic E-state index is 0.126. The van der Waals surface area contributed by atoms with Gasteiger partial charge in [-0.15, -0.1) is 0 Å². The van der Waals surface area contributed by atoms with Gasteiger partial charge in [-0.1, -0.05) is 31.0 Å². The van der Waals surface area contributed by atoms with Crippen molar-refractivity contribution in [2.24, 2.45) is 5.92 Å². The molecule has 5 heteroatoms. The number of rotatable bonds is 1. The van der Waals surface area contributed by atoms with Crippen LogP contribution in [0.1, 0.15) is 31.2 Å². The fraction of sp³-hybridized carbons (Fsp3) is 0.429. The third-order valence-corrected chi connectivity index (χ3v) is 11.1. The fourth-order valence-corrected chi connectivity index (χ4v) is 8.17. The maximum atomic E-state index is 13.7. The van der Waals surface area contributed by atoms with Crippen molar-refractivity contribution in [1.29, 1.82) is 0 Å². The van der Waals surface area contributed by atoms with Crippen LogP contribution in [-0.4, -0.2) is 5.51 Å². The van der Waals surface area contributed by atoms with Crippen molar-refractivity contribution in [3.05, 3.63) is 34.7 Å². The van der Waals surface area contributed by atoms with E-state index in [9.17, 15) is 13.2 Å². The van der Waals surface area contributed by atoms with Crippen LogP contribution in [-0.2, 0) is 0 Å². The van der Waals surface area contributed by atoms with E-state index < -0.39 is 12.7 Å². The monoisotopic (exact) mass is 398 g/mol. The molecule has 0 N–H and O–H groups in total. The number of allylic oxidation sites excluding steroid dienone is 1. The molecule has 2 aliphatic rings. The Balaban J connectivity index is 2.14. The highest BCUT2D eigenvalue weighted by molar-refractivity contribution is 14.2. The lowest BCUT2D eigenvalue weighted by molar-refractivity contribution is -0.0354. The van der Waals surface area contributed by atoms with Gasteiger partial charge in [-0.25, -0.2) is 0 Å². The highest BCUT2D eigenvalue weighted by Crippen LogP contribution is 2.83. The van der Waals surface area contributed by atoms with Crippen molar-refractivity contribution in [1.82, 2.24) is 0 Å². The van der Waals surface area contributed by atoms with E-state index in [0.717, 1.165) is 31.2 Å². The van der Waals surface area contributed by atoms with E-state index >= 15 is 0 Å². The number of benzene rings is 1. The molecule has 0 radical (unpaired) electrons. The van der Waals surface area contributed by atoms with Gasteiger partial charge in [-0.3, -0.25) is 0 Å². The molecule has 1 aromatic rings. The third kappa shape index (κ3) is 2.04. The predicted molar refractivity (Wildman–Crippen MR) is 82.3 cm³/mol. The molecule has 104 valence electrons. The highest BCUT2D eigenvalue weighted by Gasteiger charge is 2.56. The van der Waals surface area contributed by atoms with Crippen LogP contribution < -0.4 is 0 Å². The van der Waals surface area contributed by atoms with E-state index in [-0.39, 0.29) is 5.92 Å². The van der Waals surface area contributed by atoms with Crippen molar-refractivity contribution in [3.63, 3.8) is 0 Å². The molecule has 19 heavy (non-hydrogen) atoms. The molecule has 0 nitrogen and oxygen atoms in total. The average Bonchev–Trinajstić information content (AvgIpc) is 2.95. The Morgan fingerprint density at radius 1 is 1.11 bits per heavy atom. The topological polar surface area (TPSA) is 0 Å². The molecule has 1 heterocycles. The number of hydrogen-bond donors (Lipinski definition) is 0. The lowest BCUT2D eigenvalue weighted by atomic mass is 10.1. The first-order valence-corrected chi connectivity index (χ1v) is 10.5. The molecule has 3 rings (SSSR count). The van der Waals surface area contributed by atoms with Crippen molar-refractivity contribution >= 4 is 34.5 Å². The predicted octanol–water partition coefficient (Wildman–Crippen LogP) is 6.26. The van der Waals surface area contributed by atoms with Gasteiger partial charge in [0.25, 0.3) is 0 Å². The van der Waals surface area contributed by atoms with Crippen LogP contribution in [0.25, 0.3) is 6.08 Å². The molecular formula is C14H14F3IS. The Kier molecular flexibility index (Phi) is 3.40. The Morgan fingerprint density at radius 2 is 1.74 bits per heavy atom. The minimum Gasteiger partial charge on any atom is -0.160 e. The quantitative estimate of drug-likeness (QED) is 0.490. The SMILES string of the molecule is FC(F)(F)S1(I)C(C2CCCC2)=Cc2ccccc21. The summed E-state index contributed by atoms with van der Waals surface area (Å²) in [4.78, 5) is 1.14. The molecule has 1 unspecified atom stereocenters. The first-order chi connectivity index (χ1) is 8.94. The van der Waals surface area contributed by atoms with Gasteiger partial charge < -0.3 is 0 Å². The van der Waals surface area contributed by atoms with Gasteiger partial charge in [0, 0.05) is 4.90 Å². The highest BCUT2D eigenvalue weighted by atomic mass is 127. The normalized spacial score (nSPS) is 30.8. The summed E-state index contributed by atoms with van der Waals surface area (Å²) in [5, 5.41) is 0. The van der Waals surface area contributed by atoms with Gasteiger partial charge in [-0.2, -0.15) is 13.2 Å². The van der Waals surface area contributed by atoms with Gasteiger partial charge in [0.05, 0.1) is 0 Å². The van der Waals surface area contributed by atoms with Gasteiger partial charge in [0.1, 0.15) is 0 Å². The maximum Gasteiger partial charge on any atom is 0.441 e. The van der Waals surface area contributed by atoms with E-state index in [4.69, 9.17) is 0 Å². The first-order valence-electron chi connectivity index (χ1n) is 6.34. The van der Waals surface area contributed by atoms with Crippen molar-refractivity contribution < 1.29 is 13.2 Å². The Hall–Kier alpha value is -0.170. The summed E-state index contributed by atoms with van der Waals surface area (Å²) in [5.74, 6) is 0.126. The molecule has 0 saturated heterocycles. The minimum atomic E-state index is -4.16. The second kappa shape index (κ2) is 4.69. The smallest absolute Gasteiger partial charge is 0.160 e. The Bertz CT molecular complexity index is 532. The molecular weight excluding hydrogens is 384 g/mol. The zero-order valence-electron chi connectivity index (χ0n) is 10.2. The molecule has 1 fully saturated rings. The third-order valence-electron chi connectivity index (χ3n) is 3.92. The van der Waals surface area contributed by atoms with E-state index in [0.29, 0.717) is 9.80 Å². The van der Waals surface area contributed by atoms with Gasteiger partial charge >= 0.3 is 5.51 Å². The molecule has 0 bridgehead atoms. The van der Waals surface area contributed by atoms with Crippen molar-refractivity contribution in [2.75, 3.05) is 0 Å². The summed E-state index contributed by atoms with van der Waals surface area (Å²) in [7, 11) is -2.87. The summed E-state index contributed by atoms with van der Waals surface area (Å²) < 4.78 is 41.1. The molecule has 1 saturated carbocycles. The largest absolute Gasteiger partial charge is 0.441 e. The summed E-state index contributed by atoms with van der Waals surface area (Å²) in [6.45, 7) is 0. The maximum absolute atomic E-state index is 13.7. The van der Waals surface area contributed by atoms with E-state index in [1.165, 1.54) is 0 Å². The first kappa shape index (κ1) is 13.8. The standard InChI is InChI=1S/C14H14F3IS/c15-14(16,17)19(18)12-8-4-3-7-11(12)9-13(19)10-5-1-2-6-10/h3-4,7-10H,1-2,5-6H2. The second-order valence-electron chi connectivity index (χ2n) is 5.05. The summed E-state index contributed by atoms with van der Waals surface area (Å²) in [5.41, 5.74) is -3.39. The second-order valence-corrected chi connectivity index (χ2v) is 11.5. The van der Waals surface area contributed by atoms with Crippen LogP contribution >= 0.6 is 28.4 Å². The average molecular weight is 398 g/mol. The zero-order chi connectivity index (χ0) is 13.7. The molecule has 0 spiro atoms. The summed E-state index contributed by atoms with van der Waals surface area (Å²) in [6, 6.07) is 7.00. The molecule has 1 aromatic carbocycles. The number of alkyl halides is 3. The lowest BCUT2D eigenvalue weighted by Crippen LogP contribution is -2.18. The number of fused-ring (bicyclic) bond motifs is 1. The molecule has 0 amide bonds. The van der Waals surface area contributed by atoms with Gasteiger partial charge in [-0.05, 0) is 69.8 Å². The van der Waals surface area contributed by atoms with Crippen LogP contribution in [0, 0.1) is 5.92 Å². The molecule has 1 aliphatic heterocycles. The zero-order valence-corrected chi connectivity index (χ0v) is 13.2. The van der Waals surface area contributed by atoms with E-state index in [1.54, 1.807) is 33.3 Å². The van der Waals surface area contributed by atoms with Crippen LogP contribution in [0.2, 0.25) is 0 Å². The fourth-order valence-electron chi connectivity index (χ4n) is 3.03. The number of halogens is 4. The van der Waals surface area contributed by atoms with Crippen LogP contribution in [0.3, 0.4) is 0 Å². The molecule has 1 atom stereocenters. The number of hydrogen-bond acceptors (Lipinski definition) is 0. The van der Waals surface area contributed by atoms with Crippen LogP contribution in [0.4, 0.5) is 13.2 Å². The summed E-state index contributed by atoms with van der Waals surface area (Å²) >= 11 is 1.71. The molecule has 0 aromatic heterocycles. The van der Waals surface area contributed by atoms with Gasteiger partial charge in [0.2, 0.25) is 0 Å². The van der Waals surface area contributed by atoms with E-state index in [1.807, 2.05) is 18.2 Å². The van der Waals surface area contributed by atoms with Crippen LogP contribution in [0.5, 0.6) is 0 Å². The van der Waals surface area contributed by atoms with Crippen molar-refractivity contribution in [2.45, 2.75) is 36.1 Å². The lowest BCUT2D eigenvalue weighted by Gasteiger charge is -2.37. The Labute approximate surface area is 124 Å². The van der Waals surface area contributed by atoms with Gasteiger partial charge in [0.15, 0.2) is 0 Å². The van der Waals surface area contributed by atoms with Crippen molar-refractivity contribution in [3.8, 4) is 0 Å². The summed E-state index contributed by atoms with van der Waals surface area (Å²) in [6.07, 6.45) is 5.76. The van der Waals surface area contributed by atoms with E-state index in [2.05, 4.69) is 0 Å². The van der Waals surface area contributed by atoms with Crippen LogP contribution in [0.15, 0.2) is 34.1 Å². The Morgan fingerprint density at radius 3 is 2.37 bits per heavy atom.